The van der Waals surface area contributed by atoms with Gasteiger partial charge in [0.1, 0.15) is 0 Å². The van der Waals surface area contributed by atoms with Gasteiger partial charge >= 0.3 is 5.69 Å². The molecule has 4 rings (SSSR count). The van der Waals surface area contributed by atoms with Crippen molar-refractivity contribution in [1.29, 1.82) is 0 Å². The Hall–Kier alpha value is -2.38. The summed E-state index contributed by atoms with van der Waals surface area (Å²) < 4.78 is 2.34. The Morgan fingerprint density at radius 2 is 1.78 bits per heavy atom. The topological polar surface area (TPSA) is 63.1 Å². The van der Waals surface area contributed by atoms with Gasteiger partial charge in [-0.05, 0) is 37.1 Å². The Kier molecular flexibility index (Phi) is 4.88. The molecule has 4 aromatic rings. The molecule has 0 spiro atoms. The minimum Gasteiger partial charge on any atom is -0.285 e. The Balaban J connectivity index is 1.73. The lowest BCUT2D eigenvalue weighted by molar-refractivity contribution is 0.780. The van der Waals surface area contributed by atoms with Gasteiger partial charge in [0.05, 0.1) is 5.69 Å². The third kappa shape index (κ3) is 3.70. The first-order valence-corrected chi connectivity index (χ1v) is 10.2. The van der Waals surface area contributed by atoms with E-state index in [1.165, 1.54) is 27.4 Å². The third-order valence-corrected chi connectivity index (χ3v) is 5.75. The van der Waals surface area contributed by atoms with E-state index in [0.717, 1.165) is 27.0 Å². The Morgan fingerprint density at radius 1 is 1.07 bits per heavy atom. The quantitative estimate of drug-likeness (QED) is 0.464. The van der Waals surface area contributed by atoms with Gasteiger partial charge in [0.15, 0.2) is 10.8 Å². The second-order valence-corrected chi connectivity index (χ2v) is 8.20. The van der Waals surface area contributed by atoms with Crippen molar-refractivity contribution in [3.05, 3.63) is 80.3 Å². The molecule has 2 aromatic heterocycles. The Labute approximate surface area is 169 Å². The van der Waals surface area contributed by atoms with Gasteiger partial charge in [0.25, 0.3) is 0 Å². The number of hydrogen-bond donors (Lipinski definition) is 1. The van der Waals surface area contributed by atoms with Gasteiger partial charge in [0.2, 0.25) is 0 Å². The number of benzene rings is 2. The summed E-state index contributed by atoms with van der Waals surface area (Å²) in [4.78, 5) is 20.0. The van der Waals surface area contributed by atoms with Crippen LogP contribution in [0, 0.1) is 13.8 Å². The highest BCUT2D eigenvalue weighted by molar-refractivity contribution is 9.10. The zero-order valence-electron chi connectivity index (χ0n) is 14.9. The van der Waals surface area contributed by atoms with Crippen LogP contribution < -0.4 is 5.69 Å². The first-order chi connectivity index (χ1) is 13.0. The number of rotatable bonds is 4. The van der Waals surface area contributed by atoms with Crippen LogP contribution in [0.5, 0.6) is 0 Å². The van der Waals surface area contributed by atoms with Crippen LogP contribution in [-0.2, 0) is 5.75 Å². The number of aromatic nitrogens is 4. The number of hydrogen-bond acceptors (Lipinski definition) is 4. The molecule has 0 radical (unpaired) electrons. The van der Waals surface area contributed by atoms with E-state index < -0.39 is 0 Å². The van der Waals surface area contributed by atoms with Gasteiger partial charge in [-0.2, -0.15) is 9.61 Å². The van der Waals surface area contributed by atoms with Crippen molar-refractivity contribution >= 4 is 33.3 Å². The summed E-state index contributed by atoms with van der Waals surface area (Å²) in [5.41, 5.74) is 5.35. The maximum absolute atomic E-state index is 12.5. The number of halogens is 1. The molecule has 2 aromatic carbocycles. The van der Waals surface area contributed by atoms with Gasteiger partial charge < -0.3 is 0 Å². The van der Waals surface area contributed by atoms with Crippen LogP contribution in [0.3, 0.4) is 0 Å². The molecule has 0 bridgehead atoms. The summed E-state index contributed by atoms with van der Waals surface area (Å²) >= 11 is 4.96. The number of H-pyrrole nitrogens is 1. The molecule has 0 unspecified atom stereocenters. The number of nitrogens with zero attached hydrogens (tertiary/aromatic N) is 3. The van der Waals surface area contributed by atoms with Gasteiger partial charge in [-0.25, -0.2) is 9.78 Å². The van der Waals surface area contributed by atoms with Crippen molar-refractivity contribution in [2.75, 3.05) is 0 Å². The number of fused-ring (bicyclic) bond motifs is 1. The summed E-state index contributed by atoms with van der Waals surface area (Å²) in [6, 6.07) is 16.3. The maximum Gasteiger partial charge on any atom is 0.350 e. The van der Waals surface area contributed by atoms with E-state index in [9.17, 15) is 4.79 Å². The molecular formula is C20H17BrN4OS. The summed E-state index contributed by atoms with van der Waals surface area (Å²) in [6.45, 7) is 3.96. The molecule has 0 atom stereocenters. The molecule has 0 saturated heterocycles. The van der Waals surface area contributed by atoms with Crippen LogP contribution in [0.4, 0.5) is 0 Å². The molecule has 5 nitrogen and oxygen atoms in total. The van der Waals surface area contributed by atoms with Crippen molar-refractivity contribution < 1.29 is 0 Å². The number of aryl methyl sites for hydroxylation is 2. The summed E-state index contributed by atoms with van der Waals surface area (Å²) in [6.07, 6.45) is 0. The fraction of sp³-hybridized carbons (Fsp3) is 0.150. The maximum atomic E-state index is 12.5. The average Bonchev–Trinajstić information content (AvgIpc) is 2.99. The van der Waals surface area contributed by atoms with Crippen molar-refractivity contribution in [3.63, 3.8) is 0 Å². The third-order valence-electron chi connectivity index (χ3n) is 4.28. The minimum atomic E-state index is -0.280. The standard InChI is InChI=1S/C20H17BrN4OS/c1-12-3-5-14(6-4-12)11-27-19-22-18-17(15-7-9-16(21)10-8-15)13(2)24-25(18)20(26)23-19/h3-10H,11H2,1-2H3,(H,22,23,26). The highest BCUT2D eigenvalue weighted by Gasteiger charge is 2.16. The lowest BCUT2D eigenvalue weighted by Crippen LogP contribution is -2.19. The fourth-order valence-corrected chi connectivity index (χ4v) is 3.96. The fourth-order valence-electron chi connectivity index (χ4n) is 2.89. The van der Waals surface area contributed by atoms with Crippen LogP contribution in [-0.4, -0.2) is 19.6 Å². The summed E-state index contributed by atoms with van der Waals surface area (Å²) in [5, 5.41) is 4.96. The van der Waals surface area contributed by atoms with Crippen molar-refractivity contribution in [3.8, 4) is 11.1 Å². The SMILES string of the molecule is Cc1ccc(CSc2nc3c(-c4ccc(Br)cc4)c(C)nn3c(=O)[nH]2)cc1. The van der Waals surface area contributed by atoms with E-state index in [1.54, 1.807) is 0 Å². The smallest absolute Gasteiger partial charge is 0.285 e. The molecule has 0 aliphatic heterocycles. The Morgan fingerprint density at radius 3 is 2.48 bits per heavy atom. The van der Waals surface area contributed by atoms with E-state index in [4.69, 9.17) is 0 Å². The second-order valence-electron chi connectivity index (χ2n) is 6.32. The predicted molar refractivity (Wildman–Crippen MR) is 112 cm³/mol. The van der Waals surface area contributed by atoms with E-state index >= 15 is 0 Å². The van der Waals surface area contributed by atoms with E-state index in [1.807, 2.05) is 31.2 Å². The van der Waals surface area contributed by atoms with Crippen LogP contribution in [0.2, 0.25) is 0 Å². The molecule has 0 amide bonds. The first kappa shape index (κ1) is 18.0. The van der Waals surface area contributed by atoms with Gasteiger partial charge in [0, 0.05) is 15.8 Å². The summed E-state index contributed by atoms with van der Waals surface area (Å²) in [5.74, 6) is 0.736. The van der Waals surface area contributed by atoms with E-state index in [0.29, 0.717) is 10.8 Å². The molecule has 136 valence electrons. The minimum absolute atomic E-state index is 0.280. The van der Waals surface area contributed by atoms with Crippen LogP contribution >= 0.6 is 27.7 Å². The zero-order valence-corrected chi connectivity index (χ0v) is 17.3. The number of aromatic amines is 1. The van der Waals surface area contributed by atoms with Crippen LogP contribution in [0.1, 0.15) is 16.8 Å². The zero-order chi connectivity index (χ0) is 19.0. The summed E-state index contributed by atoms with van der Waals surface area (Å²) in [7, 11) is 0. The highest BCUT2D eigenvalue weighted by atomic mass is 79.9. The van der Waals surface area contributed by atoms with Crippen molar-refractivity contribution in [2.24, 2.45) is 0 Å². The first-order valence-electron chi connectivity index (χ1n) is 8.45. The Bertz CT molecular complexity index is 1160. The molecule has 0 aliphatic rings. The predicted octanol–water partition coefficient (Wildman–Crippen LogP) is 4.76. The second kappa shape index (κ2) is 7.32. The molecule has 1 N–H and O–H groups in total. The molecule has 0 aliphatic carbocycles. The largest absolute Gasteiger partial charge is 0.350 e. The van der Waals surface area contributed by atoms with Gasteiger partial charge in [-0.1, -0.05) is 69.7 Å². The highest BCUT2D eigenvalue weighted by Crippen LogP contribution is 2.28. The van der Waals surface area contributed by atoms with Crippen molar-refractivity contribution in [1.82, 2.24) is 19.6 Å². The van der Waals surface area contributed by atoms with Crippen molar-refractivity contribution in [2.45, 2.75) is 24.8 Å². The normalized spacial score (nSPS) is 11.2. The number of nitrogens with one attached hydrogen (secondary N) is 1. The van der Waals surface area contributed by atoms with E-state index in [2.05, 4.69) is 62.2 Å². The molecule has 2 heterocycles. The molecule has 7 heteroatoms. The number of thioether (sulfide) groups is 1. The van der Waals surface area contributed by atoms with Crippen LogP contribution in [0.25, 0.3) is 16.8 Å². The van der Waals surface area contributed by atoms with Gasteiger partial charge in [-0.15, -0.1) is 0 Å². The van der Waals surface area contributed by atoms with Crippen LogP contribution in [0.15, 0.2) is 63.0 Å². The molecule has 27 heavy (non-hydrogen) atoms. The molecule has 0 saturated carbocycles. The lowest BCUT2D eigenvalue weighted by Gasteiger charge is -2.04. The average molecular weight is 441 g/mol. The lowest BCUT2D eigenvalue weighted by atomic mass is 10.1. The van der Waals surface area contributed by atoms with E-state index in [-0.39, 0.29) is 5.69 Å². The monoisotopic (exact) mass is 440 g/mol. The molecular weight excluding hydrogens is 424 g/mol. The van der Waals surface area contributed by atoms with Gasteiger partial charge in [-0.3, -0.25) is 4.98 Å². The molecule has 0 fully saturated rings.